The molecule has 0 fully saturated rings. The number of hydrogen-bond acceptors (Lipinski definition) is 7. The van der Waals surface area contributed by atoms with Gasteiger partial charge < -0.3 is 5.32 Å². The summed E-state index contributed by atoms with van der Waals surface area (Å²) in [5, 5.41) is 15.8. The molecule has 0 amide bonds. The molecular weight excluding hydrogens is 262 g/mol. The molecule has 7 nitrogen and oxygen atoms in total. The summed E-state index contributed by atoms with van der Waals surface area (Å²) in [4.78, 5) is 9.82. The molecule has 3 aromatic heterocycles. The molecule has 19 heavy (non-hydrogen) atoms. The maximum Gasteiger partial charge on any atom is 0.199 e. The normalized spacial score (nSPS) is 12.7. The Morgan fingerprint density at radius 3 is 3.05 bits per heavy atom. The van der Waals surface area contributed by atoms with Crippen LogP contribution in [0.4, 0.5) is 5.82 Å². The highest BCUT2D eigenvalue weighted by Gasteiger charge is 2.12. The minimum atomic E-state index is 0.0851. The molecule has 98 valence electrons. The van der Waals surface area contributed by atoms with Crippen LogP contribution in [0.2, 0.25) is 0 Å². The van der Waals surface area contributed by atoms with Gasteiger partial charge in [0, 0.05) is 11.1 Å². The fourth-order valence-electron chi connectivity index (χ4n) is 1.74. The summed E-state index contributed by atoms with van der Waals surface area (Å²) in [5.74, 6) is 0.753. The van der Waals surface area contributed by atoms with Crippen LogP contribution >= 0.6 is 11.3 Å². The number of aromatic nitrogens is 6. The number of tetrazole rings is 1. The Kier molecular flexibility index (Phi) is 3.08. The number of nitrogens with one attached hydrogen (secondary N) is 1. The Morgan fingerprint density at radius 1 is 1.37 bits per heavy atom. The first-order valence-electron chi connectivity index (χ1n) is 6.01. The van der Waals surface area contributed by atoms with Crippen molar-refractivity contribution >= 4 is 22.8 Å². The monoisotopic (exact) mass is 275 g/mol. The van der Waals surface area contributed by atoms with E-state index < -0.39 is 0 Å². The second kappa shape index (κ2) is 4.88. The molecule has 0 spiro atoms. The molecular formula is C11H13N7S. The first kappa shape index (κ1) is 12.0. The largest absolute Gasteiger partial charge is 0.360 e. The summed E-state index contributed by atoms with van der Waals surface area (Å²) >= 11 is 1.71. The zero-order valence-corrected chi connectivity index (χ0v) is 11.4. The molecule has 0 aliphatic carbocycles. The van der Waals surface area contributed by atoms with E-state index >= 15 is 0 Å². The number of hydrogen-bond donors (Lipinski definition) is 1. The van der Waals surface area contributed by atoms with Gasteiger partial charge in [-0.05, 0) is 23.8 Å². The summed E-state index contributed by atoms with van der Waals surface area (Å²) in [5.41, 5.74) is 0.616. The van der Waals surface area contributed by atoms with E-state index in [1.165, 1.54) is 4.88 Å². The number of fused-ring (bicyclic) bond motifs is 1. The van der Waals surface area contributed by atoms with E-state index in [1.54, 1.807) is 28.2 Å². The van der Waals surface area contributed by atoms with Crippen molar-refractivity contribution in [1.29, 1.82) is 0 Å². The standard InChI is InChI=1S/C11H13N7S/c1-3-8-4-13-11(19-8)7(2)14-9-5-12-6-10-15-16-17-18(9)10/h4-7,14H,3H2,1-2H3. The van der Waals surface area contributed by atoms with Crippen LogP contribution in [0.1, 0.15) is 29.8 Å². The summed E-state index contributed by atoms with van der Waals surface area (Å²) in [6, 6.07) is 0.0851. The maximum absolute atomic E-state index is 4.43. The van der Waals surface area contributed by atoms with Gasteiger partial charge >= 0.3 is 0 Å². The Hall–Kier alpha value is -2.09. The zero-order valence-electron chi connectivity index (χ0n) is 10.6. The molecule has 0 aromatic carbocycles. The van der Waals surface area contributed by atoms with Crippen LogP contribution in [0, 0.1) is 0 Å². The van der Waals surface area contributed by atoms with E-state index in [-0.39, 0.29) is 6.04 Å². The van der Waals surface area contributed by atoms with Crippen molar-refractivity contribution in [2.24, 2.45) is 0 Å². The van der Waals surface area contributed by atoms with Gasteiger partial charge in [0.2, 0.25) is 0 Å². The van der Waals surface area contributed by atoms with Gasteiger partial charge in [-0.2, -0.15) is 4.52 Å². The SMILES string of the molecule is CCc1cnc(C(C)Nc2cncc3nnnn23)s1. The molecule has 0 radical (unpaired) electrons. The smallest absolute Gasteiger partial charge is 0.199 e. The third-order valence-electron chi connectivity index (χ3n) is 2.76. The van der Waals surface area contributed by atoms with Crippen LogP contribution in [0.3, 0.4) is 0 Å². The Labute approximate surface area is 113 Å². The highest BCUT2D eigenvalue weighted by Crippen LogP contribution is 2.23. The van der Waals surface area contributed by atoms with Crippen molar-refractivity contribution in [2.75, 3.05) is 5.32 Å². The second-order valence-electron chi connectivity index (χ2n) is 4.13. The Morgan fingerprint density at radius 2 is 2.26 bits per heavy atom. The van der Waals surface area contributed by atoms with E-state index in [2.05, 4.69) is 44.7 Å². The lowest BCUT2D eigenvalue weighted by Gasteiger charge is -2.12. The van der Waals surface area contributed by atoms with Crippen molar-refractivity contribution in [2.45, 2.75) is 26.3 Å². The van der Waals surface area contributed by atoms with Crippen LogP contribution in [0.15, 0.2) is 18.6 Å². The molecule has 0 saturated carbocycles. The second-order valence-corrected chi connectivity index (χ2v) is 5.27. The van der Waals surface area contributed by atoms with Crippen molar-refractivity contribution < 1.29 is 0 Å². The molecule has 1 atom stereocenters. The van der Waals surface area contributed by atoms with Crippen LogP contribution in [-0.2, 0) is 6.42 Å². The number of thiazole rings is 1. The maximum atomic E-state index is 4.43. The number of aryl methyl sites for hydroxylation is 1. The van der Waals surface area contributed by atoms with Gasteiger partial charge in [0.25, 0.3) is 0 Å². The van der Waals surface area contributed by atoms with Crippen LogP contribution in [0.25, 0.3) is 5.65 Å². The topological polar surface area (TPSA) is 80.9 Å². The Balaban J connectivity index is 1.86. The summed E-state index contributed by atoms with van der Waals surface area (Å²) < 4.78 is 1.62. The number of rotatable bonds is 4. The molecule has 3 rings (SSSR count). The van der Waals surface area contributed by atoms with E-state index in [4.69, 9.17) is 0 Å². The zero-order chi connectivity index (χ0) is 13.2. The fourth-order valence-corrected chi connectivity index (χ4v) is 2.60. The van der Waals surface area contributed by atoms with Crippen LogP contribution in [0.5, 0.6) is 0 Å². The predicted octanol–water partition coefficient (Wildman–Crippen LogP) is 1.71. The third kappa shape index (κ3) is 2.26. The lowest BCUT2D eigenvalue weighted by atomic mass is 10.3. The summed E-state index contributed by atoms with van der Waals surface area (Å²) in [6.07, 6.45) is 6.26. The average Bonchev–Trinajstić information content (AvgIpc) is 3.08. The van der Waals surface area contributed by atoms with E-state index in [0.717, 1.165) is 17.2 Å². The first-order chi connectivity index (χ1) is 9.28. The molecule has 1 unspecified atom stereocenters. The van der Waals surface area contributed by atoms with E-state index in [9.17, 15) is 0 Å². The highest BCUT2D eigenvalue weighted by molar-refractivity contribution is 7.11. The fraction of sp³-hybridized carbons (Fsp3) is 0.364. The van der Waals surface area contributed by atoms with Crippen molar-refractivity contribution in [1.82, 2.24) is 30.0 Å². The number of nitrogens with zero attached hydrogens (tertiary/aromatic N) is 6. The molecule has 0 saturated heterocycles. The van der Waals surface area contributed by atoms with Gasteiger partial charge in [0.05, 0.1) is 18.4 Å². The minimum Gasteiger partial charge on any atom is -0.360 e. The van der Waals surface area contributed by atoms with Crippen LogP contribution in [-0.4, -0.2) is 30.0 Å². The minimum absolute atomic E-state index is 0.0851. The lowest BCUT2D eigenvalue weighted by Crippen LogP contribution is -2.10. The third-order valence-corrected chi connectivity index (χ3v) is 4.09. The molecule has 3 aromatic rings. The molecule has 8 heteroatoms. The van der Waals surface area contributed by atoms with Crippen molar-refractivity contribution in [3.05, 3.63) is 28.5 Å². The van der Waals surface area contributed by atoms with Gasteiger partial charge in [-0.1, -0.05) is 6.92 Å². The Bertz CT molecular complexity index is 689. The predicted molar refractivity (Wildman–Crippen MR) is 72.1 cm³/mol. The van der Waals surface area contributed by atoms with Gasteiger partial charge in [0.15, 0.2) is 11.5 Å². The molecule has 3 heterocycles. The molecule has 1 N–H and O–H groups in total. The van der Waals surface area contributed by atoms with Gasteiger partial charge in [0.1, 0.15) is 5.01 Å². The van der Waals surface area contributed by atoms with Gasteiger partial charge in [-0.3, -0.25) is 4.98 Å². The van der Waals surface area contributed by atoms with Gasteiger partial charge in [-0.15, -0.1) is 16.4 Å². The van der Waals surface area contributed by atoms with Crippen LogP contribution < -0.4 is 5.32 Å². The first-order valence-corrected chi connectivity index (χ1v) is 6.83. The van der Waals surface area contributed by atoms with E-state index in [1.807, 2.05) is 6.20 Å². The van der Waals surface area contributed by atoms with E-state index in [0.29, 0.717) is 5.65 Å². The lowest BCUT2D eigenvalue weighted by molar-refractivity contribution is 0.793. The highest BCUT2D eigenvalue weighted by atomic mass is 32.1. The average molecular weight is 275 g/mol. The molecule has 0 bridgehead atoms. The number of anilines is 1. The molecule has 0 aliphatic heterocycles. The quantitative estimate of drug-likeness (QED) is 0.780. The van der Waals surface area contributed by atoms with Crippen molar-refractivity contribution in [3.63, 3.8) is 0 Å². The van der Waals surface area contributed by atoms with Crippen molar-refractivity contribution in [3.8, 4) is 0 Å². The van der Waals surface area contributed by atoms with Gasteiger partial charge in [-0.25, -0.2) is 4.98 Å². The molecule has 0 aliphatic rings. The summed E-state index contributed by atoms with van der Waals surface area (Å²) in [7, 11) is 0. The summed E-state index contributed by atoms with van der Waals surface area (Å²) in [6.45, 7) is 4.18.